The summed E-state index contributed by atoms with van der Waals surface area (Å²) in [7, 11) is -0.752. The summed E-state index contributed by atoms with van der Waals surface area (Å²) in [4.78, 5) is 11.2. The first-order valence-electron chi connectivity index (χ1n) is 6.67. The highest BCUT2D eigenvalue weighted by molar-refractivity contribution is 7.89. The lowest BCUT2D eigenvalue weighted by molar-refractivity contribution is -0.140. The third-order valence-corrected chi connectivity index (χ3v) is 4.80. The van der Waals surface area contributed by atoms with Gasteiger partial charge in [-0.15, -0.1) is 0 Å². The highest BCUT2D eigenvalue weighted by Gasteiger charge is 2.20. The van der Waals surface area contributed by atoms with Crippen LogP contribution in [0.15, 0.2) is 29.2 Å². The summed E-state index contributed by atoms with van der Waals surface area (Å²) in [5, 5.41) is 0. The Kier molecular flexibility index (Phi) is 6.64. The third kappa shape index (κ3) is 5.02. The lowest BCUT2D eigenvalue weighted by Crippen LogP contribution is -2.28. The molecule has 0 atom stereocenters. The molecule has 0 unspecified atom stereocenters. The van der Waals surface area contributed by atoms with E-state index in [2.05, 4.69) is 4.74 Å². The summed E-state index contributed by atoms with van der Waals surface area (Å²) in [5.74, 6) is 0.284. The van der Waals surface area contributed by atoms with Crippen LogP contribution in [-0.4, -0.2) is 46.0 Å². The number of methoxy groups -OCH3 is 1. The van der Waals surface area contributed by atoms with Crippen molar-refractivity contribution in [3.8, 4) is 5.75 Å². The van der Waals surface area contributed by atoms with Crippen LogP contribution in [0.1, 0.15) is 19.8 Å². The highest BCUT2D eigenvalue weighted by atomic mass is 32.2. The van der Waals surface area contributed by atoms with Gasteiger partial charge in [-0.25, -0.2) is 12.7 Å². The molecule has 0 saturated carbocycles. The Morgan fingerprint density at radius 1 is 1.24 bits per heavy atom. The first-order valence-corrected chi connectivity index (χ1v) is 8.11. The molecule has 0 amide bonds. The Morgan fingerprint density at radius 3 is 2.38 bits per heavy atom. The summed E-state index contributed by atoms with van der Waals surface area (Å²) in [6.45, 7) is 2.64. The fourth-order valence-corrected chi connectivity index (χ4v) is 2.93. The van der Waals surface area contributed by atoms with Crippen molar-refractivity contribution in [3.63, 3.8) is 0 Å². The molecule has 0 aromatic heterocycles. The number of ether oxygens (including phenoxy) is 2. The Morgan fingerprint density at radius 2 is 1.86 bits per heavy atom. The van der Waals surface area contributed by atoms with E-state index in [9.17, 15) is 13.2 Å². The van der Waals surface area contributed by atoms with E-state index in [4.69, 9.17) is 4.74 Å². The van der Waals surface area contributed by atoms with Gasteiger partial charge in [0.15, 0.2) is 0 Å². The van der Waals surface area contributed by atoms with E-state index < -0.39 is 10.0 Å². The summed E-state index contributed by atoms with van der Waals surface area (Å²) >= 11 is 0. The fourth-order valence-electron chi connectivity index (χ4n) is 1.72. The Balaban J connectivity index is 2.68. The number of benzene rings is 1. The smallest absolute Gasteiger partial charge is 0.305 e. The van der Waals surface area contributed by atoms with Gasteiger partial charge in [0.25, 0.3) is 0 Å². The lowest BCUT2D eigenvalue weighted by Gasteiger charge is -2.17. The van der Waals surface area contributed by atoms with Crippen molar-refractivity contribution in [2.45, 2.75) is 24.7 Å². The zero-order valence-electron chi connectivity index (χ0n) is 12.5. The van der Waals surface area contributed by atoms with Crippen molar-refractivity contribution in [3.05, 3.63) is 24.3 Å². The molecular weight excluding hydrogens is 294 g/mol. The molecule has 0 radical (unpaired) electrons. The van der Waals surface area contributed by atoms with Gasteiger partial charge in [-0.2, -0.15) is 0 Å². The average Bonchev–Trinajstić information content (AvgIpc) is 2.47. The van der Waals surface area contributed by atoms with Crippen LogP contribution in [0, 0.1) is 0 Å². The number of nitrogens with zero attached hydrogens (tertiary/aromatic N) is 1. The topological polar surface area (TPSA) is 72.9 Å². The maximum Gasteiger partial charge on any atom is 0.305 e. The molecule has 7 heteroatoms. The van der Waals surface area contributed by atoms with Gasteiger partial charge in [-0.3, -0.25) is 4.79 Å². The molecule has 0 bridgehead atoms. The van der Waals surface area contributed by atoms with Gasteiger partial charge in [0.2, 0.25) is 10.0 Å². The molecule has 1 rings (SSSR count). The second-order valence-corrected chi connectivity index (χ2v) is 6.46. The molecule has 0 fully saturated rings. The Hall–Kier alpha value is -1.60. The molecular formula is C14H21NO5S. The number of carbonyl (C=O) groups is 1. The molecule has 0 heterocycles. The van der Waals surface area contributed by atoms with Crippen molar-refractivity contribution in [2.24, 2.45) is 0 Å². The fraction of sp³-hybridized carbons (Fsp3) is 0.500. The monoisotopic (exact) mass is 315 g/mol. The number of hydrogen-bond acceptors (Lipinski definition) is 5. The quantitative estimate of drug-likeness (QED) is 0.682. The molecule has 118 valence electrons. The summed E-state index contributed by atoms with van der Waals surface area (Å²) < 4.78 is 35.7. The van der Waals surface area contributed by atoms with Crippen molar-refractivity contribution in [1.29, 1.82) is 0 Å². The second kappa shape index (κ2) is 7.99. The first-order chi connectivity index (χ1) is 9.91. The van der Waals surface area contributed by atoms with Gasteiger partial charge >= 0.3 is 5.97 Å². The molecule has 0 spiro atoms. The van der Waals surface area contributed by atoms with Crippen molar-refractivity contribution in [1.82, 2.24) is 4.31 Å². The van der Waals surface area contributed by atoms with Gasteiger partial charge in [0.1, 0.15) is 5.75 Å². The van der Waals surface area contributed by atoms with E-state index in [1.54, 1.807) is 12.1 Å². The highest BCUT2D eigenvalue weighted by Crippen LogP contribution is 2.19. The predicted octanol–water partition coefficient (Wildman–Crippen LogP) is 1.66. The van der Waals surface area contributed by atoms with Crippen molar-refractivity contribution >= 4 is 16.0 Å². The summed E-state index contributed by atoms with van der Waals surface area (Å²) in [5.41, 5.74) is 0. The van der Waals surface area contributed by atoms with Crippen LogP contribution in [0.2, 0.25) is 0 Å². The third-order valence-electron chi connectivity index (χ3n) is 2.92. The molecule has 6 nitrogen and oxygen atoms in total. The number of hydrogen-bond donors (Lipinski definition) is 0. The molecule has 0 aliphatic carbocycles. The van der Waals surface area contributed by atoms with Gasteiger partial charge in [0.05, 0.1) is 18.6 Å². The van der Waals surface area contributed by atoms with Crippen molar-refractivity contribution in [2.75, 3.05) is 27.3 Å². The van der Waals surface area contributed by atoms with Crippen LogP contribution in [0.4, 0.5) is 0 Å². The Labute approximate surface area is 125 Å². The maximum absolute atomic E-state index is 12.3. The molecule has 0 saturated heterocycles. The van der Waals surface area contributed by atoms with E-state index >= 15 is 0 Å². The number of sulfonamides is 1. The van der Waals surface area contributed by atoms with Gasteiger partial charge in [-0.05, 0) is 37.6 Å². The van der Waals surface area contributed by atoms with Crippen LogP contribution in [0.25, 0.3) is 0 Å². The summed E-state index contributed by atoms with van der Waals surface area (Å²) in [6, 6.07) is 6.27. The van der Waals surface area contributed by atoms with E-state index in [0.717, 1.165) is 0 Å². The number of carbonyl (C=O) groups excluding carboxylic acids is 1. The van der Waals surface area contributed by atoms with Crippen LogP contribution in [-0.2, 0) is 19.6 Å². The van der Waals surface area contributed by atoms with E-state index in [1.165, 1.54) is 30.6 Å². The lowest BCUT2D eigenvalue weighted by atomic mass is 10.3. The van der Waals surface area contributed by atoms with Crippen LogP contribution >= 0.6 is 0 Å². The average molecular weight is 315 g/mol. The van der Waals surface area contributed by atoms with E-state index in [0.29, 0.717) is 18.8 Å². The van der Waals surface area contributed by atoms with Gasteiger partial charge in [-0.1, -0.05) is 0 Å². The molecule has 0 aliphatic rings. The second-order valence-electron chi connectivity index (χ2n) is 4.41. The van der Waals surface area contributed by atoms with E-state index in [-0.39, 0.29) is 23.8 Å². The Bertz CT molecular complexity index is 553. The SMILES string of the molecule is CCOc1ccc(S(=O)(=O)N(C)CCCC(=O)OC)cc1. The minimum atomic E-state index is -3.55. The minimum Gasteiger partial charge on any atom is -0.494 e. The van der Waals surface area contributed by atoms with Crippen LogP contribution in [0.3, 0.4) is 0 Å². The maximum atomic E-state index is 12.3. The molecule has 0 N–H and O–H groups in total. The standard InChI is InChI=1S/C14H21NO5S/c1-4-20-12-7-9-13(10-8-12)21(17,18)15(2)11-5-6-14(16)19-3/h7-10H,4-6,11H2,1-3H3. The molecule has 0 aliphatic heterocycles. The van der Waals surface area contributed by atoms with Crippen LogP contribution < -0.4 is 4.74 Å². The van der Waals surface area contributed by atoms with Crippen LogP contribution in [0.5, 0.6) is 5.75 Å². The number of rotatable bonds is 8. The summed E-state index contributed by atoms with van der Waals surface area (Å²) in [6.07, 6.45) is 0.610. The van der Waals surface area contributed by atoms with Gasteiger partial charge in [0, 0.05) is 20.0 Å². The molecule has 21 heavy (non-hydrogen) atoms. The zero-order chi connectivity index (χ0) is 15.9. The van der Waals surface area contributed by atoms with E-state index in [1.807, 2.05) is 6.92 Å². The zero-order valence-corrected chi connectivity index (χ0v) is 13.4. The normalized spacial score (nSPS) is 11.4. The first kappa shape index (κ1) is 17.5. The predicted molar refractivity (Wildman–Crippen MR) is 78.7 cm³/mol. The van der Waals surface area contributed by atoms with Gasteiger partial charge < -0.3 is 9.47 Å². The molecule has 1 aromatic carbocycles. The minimum absolute atomic E-state index is 0.194. The molecule has 1 aromatic rings. The largest absolute Gasteiger partial charge is 0.494 e. The van der Waals surface area contributed by atoms with Crippen molar-refractivity contribution < 1.29 is 22.7 Å². The number of esters is 1.